The summed E-state index contributed by atoms with van der Waals surface area (Å²) in [5.74, 6) is -1.11. The lowest BCUT2D eigenvalue weighted by Gasteiger charge is -2.37. The van der Waals surface area contributed by atoms with Gasteiger partial charge in [-0.15, -0.1) is 0 Å². The van der Waals surface area contributed by atoms with Gasteiger partial charge in [0.1, 0.15) is 0 Å². The first-order valence-electron chi connectivity index (χ1n) is 10.5. The quantitative estimate of drug-likeness (QED) is 0.759. The monoisotopic (exact) mass is 378 g/mol. The van der Waals surface area contributed by atoms with Gasteiger partial charge in [-0.05, 0) is 31.4 Å². The third-order valence-corrected chi connectivity index (χ3v) is 7.10. The second-order valence-electron chi connectivity index (χ2n) is 8.73. The normalized spacial score (nSPS) is 33.4. The van der Waals surface area contributed by atoms with E-state index in [0.717, 1.165) is 36.8 Å². The highest BCUT2D eigenvalue weighted by atomic mass is 16.2. The minimum atomic E-state index is -0.524. The molecule has 1 aliphatic carbocycles. The first kappa shape index (κ1) is 17.8. The highest BCUT2D eigenvalue weighted by Crippen LogP contribution is 2.49. The molecule has 28 heavy (non-hydrogen) atoms. The van der Waals surface area contributed by atoms with Crippen molar-refractivity contribution in [1.82, 2.24) is 9.80 Å². The van der Waals surface area contributed by atoms with Crippen LogP contribution in [0.3, 0.4) is 0 Å². The van der Waals surface area contributed by atoms with Gasteiger partial charge in [-0.25, -0.2) is 0 Å². The summed E-state index contributed by atoms with van der Waals surface area (Å²) in [6.07, 6.45) is 6.80. The summed E-state index contributed by atoms with van der Waals surface area (Å²) in [7, 11) is 0. The average molecular weight is 378 g/mol. The van der Waals surface area contributed by atoms with Crippen LogP contribution in [0, 0.1) is 11.8 Å². The minimum Gasteiger partial charge on any atom is -0.293 e. The van der Waals surface area contributed by atoms with Crippen LogP contribution in [0.1, 0.15) is 44.6 Å². The Morgan fingerprint density at radius 3 is 2.21 bits per heavy atom. The SMILES string of the molecule is CC1=CC(=O)[C@@H]2C3C(=O)N(C4CCCCC4)C(=O)C3[C@H]1N2Cc1ccccc1. The van der Waals surface area contributed by atoms with Gasteiger partial charge in [0, 0.05) is 18.6 Å². The van der Waals surface area contributed by atoms with E-state index in [-0.39, 0.29) is 29.7 Å². The van der Waals surface area contributed by atoms with Crippen LogP contribution >= 0.6 is 0 Å². The van der Waals surface area contributed by atoms with Crippen molar-refractivity contribution in [1.29, 1.82) is 0 Å². The van der Waals surface area contributed by atoms with Crippen molar-refractivity contribution in [3.63, 3.8) is 0 Å². The predicted octanol–water partition coefficient (Wildman–Crippen LogP) is 2.70. The van der Waals surface area contributed by atoms with Crippen molar-refractivity contribution in [3.8, 4) is 0 Å². The average Bonchev–Trinajstić information content (AvgIpc) is 3.11. The fourth-order valence-electron chi connectivity index (χ4n) is 5.96. The molecule has 4 atom stereocenters. The molecule has 0 aromatic heterocycles. The first-order valence-corrected chi connectivity index (χ1v) is 10.5. The van der Waals surface area contributed by atoms with E-state index in [1.54, 1.807) is 11.0 Å². The van der Waals surface area contributed by atoms with Crippen molar-refractivity contribution < 1.29 is 14.4 Å². The van der Waals surface area contributed by atoms with Gasteiger partial charge in [-0.3, -0.25) is 24.2 Å². The van der Waals surface area contributed by atoms with Gasteiger partial charge in [0.2, 0.25) is 11.8 Å². The first-order chi connectivity index (χ1) is 13.6. The molecule has 0 radical (unpaired) electrons. The van der Waals surface area contributed by atoms with Crippen molar-refractivity contribution >= 4 is 17.6 Å². The van der Waals surface area contributed by atoms with E-state index in [1.165, 1.54) is 6.42 Å². The molecule has 1 aromatic rings. The molecule has 0 spiro atoms. The smallest absolute Gasteiger partial charge is 0.235 e. The van der Waals surface area contributed by atoms with E-state index in [9.17, 15) is 14.4 Å². The van der Waals surface area contributed by atoms with Gasteiger partial charge in [0.05, 0.1) is 17.9 Å². The molecular weight excluding hydrogens is 352 g/mol. The number of carbonyl (C=O) groups is 3. The number of hydrogen-bond donors (Lipinski definition) is 0. The summed E-state index contributed by atoms with van der Waals surface area (Å²) in [6.45, 7) is 2.52. The maximum Gasteiger partial charge on any atom is 0.235 e. The van der Waals surface area contributed by atoms with Crippen LogP contribution in [0.25, 0.3) is 0 Å². The standard InChI is InChI=1S/C23H26N2O3/c1-14-12-17(26)21-19-18(20(14)24(21)13-15-8-4-2-5-9-15)22(27)25(23(19)28)16-10-6-3-7-11-16/h2,4-5,8-9,12,16,18-21H,3,6-7,10-11,13H2,1H3/t18?,19?,20-,21+/m0/s1. The number of ketones is 1. The van der Waals surface area contributed by atoms with Crippen LogP contribution in [0.2, 0.25) is 0 Å². The van der Waals surface area contributed by atoms with Gasteiger partial charge >= 0.3 is 0 Å². The number of hydrogen-bond acceptors (Lipinski definition) is 4. The second-order valence-corrected chi connectivity index (χ2v) is 8.73. The molecule has 2 saturated heterocycles. The molecule has 4 aliphatic rings. The number of likely N-dealkylation sites (tertiary alicyclic amines) is 1. The fourth-order valence-corrected chi connectivity index (χ4v) is 5.96. The lowest BCUT2D eigenvalue weighted by atomic mass is 9.89. The largest absolute Gasteiger partial charge is 0.293 e. The van der Waals surface area contributed by atoms with Crippen molar-refractivity contribution in [2.24, 2.45) is 11.8 Å². The highest BCUT2D eigenvalue weighted by molar-refractivity contribution is 6.12. The Bertz CT molecular complexity index is 856. The van der Waals surface area contributed by atoms with Crippen LogP contribution in [0.15, 0.2) is 42.0 Å². The summed E-state index contributed by atoms with van der Waals surface area (Å²) in [6, 6.07) is 9.36. The predicted molar refractivity (Wildman–Crippen MR) is 104 cm³/mol. The highest BCUT2D eigenvalue weighted by Gasteiger charge is 2.65. The van der Waals surface area contributed by atoms with Crippen LogP contribution in [-0.2, 0) is 20.9 Å². The topological polar surface area (TPSA) is 57.7 Å². The zero-order valence-corrected chi connectivity index (χ0v) is 16.2. The number of carbonyl (C=O) groups excluding carboxylic acids is 3. The van der Waals surface area contributed by atoms with E-state index in [1.807, 2.05) is 37.3 Å². The number of nitrogens with zero attached hydrogens (tertiary/aromatic N) is 2. The Labute approximate surface area is 165 Å². The molecule has 2 unspecified atom stereocenters. The molecule has 3 heterocycles. The molecule has 3 fully saturated rings. The Balaban J connectivity index is 1.50. The molecule has 1 aromatic carbocycles. The van der Waals surface area contributed by atoms with Crippen LogP contribution in [0.5, 0.6) is 0 Å². The molecular formula is C23H26N2O3. The Morgan fingerprint density at radius 2 is 1.54 bits per heavy atom. The Kier molecular flexibility index (Phi) is 4.23. The number of rotatable bonds is 3. The second kappa shape index (κ2) is 6.66. The summed E-state index contributed by atoms with van der Waals surface area (Å²) in [4.78, 5) is 43.4. The van der Waals surface area contributed by atoms with E-state index in [0.29, 0.717) is 6.54 Å². The molecule has 146 valence electrons. The lowest BCUT2D eigenvalue weighted by Crippen LogP contribution is -2.51. The fraction of sp³-hybridized carbons (Fsp3) is 0.522. The van der Waals surface area contributed by atoms with Gasteiger partial charge in [0.15, 0.2) is 5.78 Å². The summed E-state index contributed by atoms with van der Waals surface area (Å²) in [5.41, 5.74) is 2.01. The summed E-state index contributed by atoms with van der Waals surface area (Å²) >= 11 is 0. The third kappa shape index (κ3) is 2.52. The number of fused-ring (bicyclic) bond motifs is 5. The number of benzene rings is 1. The molecule has 1 saturated carbocycles. The number of amides is 2. The molecule has 2 amide bonds. The van der Waals surface area contributed by atoms with E-state index < -0.39 is 17.9 Å². The van der Waals surface area contributed by atoms with Crippen LogP contribution in [-0.4, -0.2) is 45.5 Å². The van der Waals surface area contributed by atoms with Crippen molar-refractivity contribution in [3.05, 3.63) is 47.5 Å². The van der Waals surface area contributed by atoms with E-state index in [2.05, 4.69) is 4.90 Å². The van der Waals surface area contributed by atoms with Gasteiger partial charge < -0.3 is 0 Å². The zero-order valence-electron chi connectivity index (χ0n) is 16.2. The molecule has 2 bridgehead atoms. The Morgan fingerprint density at radius 1 is 0.893 bits per heavy atom. The third-order valence-electron chi connectivity index (χ3n) is 7.10. The molecule has 5 rings (SSSR count). The lowest BCUT2D eigenvalue weighted by molar-refractivity contribution is -0.146. The van der Waals surface area contributed by atoms with Crippen molar-refractivity contribution in [2.75, 3.05) is 0 Å². The van der Waals surface area contributed by atoms with E-state index in [4.69, 9.17) is 0 Å². The van der Waals surface area contributed by atoms with Crippen molar-refractivity contribution in [2.45, 2.75) is 63.7 Å². The van der Waals surface area contributed by atoms with Crippen LogP contribution in [0.4, 0.5) is 0 Å². The van der Waals surface area contributed by atoms with Gasteiger partial charge in [-0.1, -0.05) is 55.2 Å². The molecule has 0 N–H and O–H groups in total. The minimum absolute atomic E-state index is 0.0242. The van der Waals surface area contributed by atoms with Crippen LogP contribution < -0.4 is 0 Å². The zero-order chi connectivity index (χ0) is 19.4. The Hall–Kier alpha value is -2.27. The van der Waals surface area contributed by atoms with E-state index >= 15 is 0 Å². The van der Waals surface area contributed by atoms with Gasteiger partial charge in [0.25, 0.3) is 0 Å². The maximum absolute atomic E-state index is 13.4. The van der Waals surface area contributed by atoms with Gasteiger partial charge in [-0.2, -0.15) is 0 Å². The molecule has 3 aliphatic heterocycles. The molecule has 5 heteroatoms. The molecule has 5 nitrogen and oxygen atoms in total. The maximum atomic E-state index is 13.4. The summed E-state index contributed by atoms with van der Waals surface area (Å²) in [5, 5.41) is 0. The number of imide groups is 1. The summed E-state index contributed by atoms with van der Waals surface area (Å²) < 4.78 is 0.